The summed E-state index contributed by atoms with van der Waals surface area (Å²) in [6.45, 7) is 14.1. The van der Waals surface area contributed by atoms with Crippen LogP contribution >= 0.6 is 9.39 Å². The molecule has 1 saturated carbocycles. The number of hydrogen-bond donors (Lipinski definition) is 1. The van der Waals surface area contributed by atoms with Gasteiger partial charge in [-0.15, -0.1) is 12.8 Å². The highest BCUT2D eigenvalue weighted by atomic mass is 31.0. The minimum Gasteiger partial charge on any atom is -0.435 e. The summed E-state index contributed by atoms with van der Waals surface area (Å²) in [6.07, 6.45) is 19.2. The maximum atomic E-state index is 12.9. The summed E-state index contributed by atoms with van der Waals surface area (Å²) in [7, 11) is 2.60. The van der Waals surface area contributed by atoms with E-state index in [1.54, 1.807) is 29.2 Å². The molecule has 1 unspecified atom stereocenters. The molecular formula is C32H51F2N4O2P. The Labute approximate surface area is 249 Å². The monoisotopic (exact) mass is 592 g/mol. The van der Waals surface area contributed by atoms with Crippen molar-refractivity contribution in [3.8, 4) is 18.6 Å². The van der Waals surface area contributed by atoms with E-state index in [1.807, 2.05) is 20.8 Å². The van der Waals surface area contributed by atoms with Crippen LogP contribution in [0.2, 0.25) is 0 Å². The molecule has 6 nitrogen and oxygen atoms in total. The van der Waals surface area contributed by atoms with Crippen LogP contribution in [0.15, 0.2) is 47.7 Å². The molecule has 0 aromatic heterocycles. The molecule has 0 spiro atoms. The average molecular weight is 593 g/mol. The lowest BCUT2D eigenvalue weighted by Gasteiger charge is -2.37. The molecule has 2 rings (SSSR count). The predicted octanol–water partition coefficient (Wildman–Crippen LogP) is 7.96. The molecule has 1 N–H and O–H groups in total. The highest BCUT2D eigenvalue weighted by Gasteiger charge is 2.24. The zero-order chi connectivity index (χ0) is 31.4. The second-order valence-electron chi connectivity index (χ2n) is 10.5. The van der Waals surface area contributed by atoms with Gasteiger partial charge in [-0.25, -0.2) is 5.43 Å². The summed E-state index contributed by atoms with van der Waals surface area (Å²) < 4.78 is 32.2. The van der Waals surface area contributed by atoms with Gasteiger partial charge in [0.1, 0.15) is 12.0 Å². The summed E-state index contributed by atoms with van der Waals surface area (Å²) in [5.74, 6) is 0.970. The Bertz CT molecular complexity index is 974. The number of anilines is 1. The largest absolute Gasteiger partial charge is 0.435 e. The van der Waals surface area contributed by atoms with Crippen molar-refractivity contribution in [2.24, 2.45) is 10.9 Å². The fraction of sp³-hybridized carbons (Fsp3) is 0.562. The van der Waals surface area contributed by atoms with Gasteiger partial charge in [0.2, 0.25) is 0 Å². The van der Waals surface area contributed by atoms with Gasteiger partial charge in [-0.1, -0.05) is 59.1 Å². The molecular weight excluding hydrogens is 541 g/mol. The zero-order valence-corrected chi connectivity index (χ0v) is 26.9. The lowest BCUT2D eigenvalue weighted by Crippen LogP contribution is -2.40. The second-order valence-corrected chi connectivity index (χ2v) is 11.1. The number of rotatable bonds is 14. The summed E-state index contributed by atoms with van der Waals surface area (Å²) in [5.41, 5.74) is 6.42. The molecule has 0 amide bonds. The van der Waals surface area contributed by atoms with E-state index in [9.17, 15) is 13.6 Å². The van der Waals surface area contributed by atoms with Gasteiger partial charge < -0.3 is 14.4 Å². The number of aldehydes is 1. The first-order valence-corrected chi connectivity index (χ1v) is 14.8. The average Bonchev–Trinajstić information content (AvgIpc) is 2.94. The van der Waals surface area contributed by atoms with Crippen LogP contribution in [-0.4, -0.2) is 42.0 Å². The van der Waals surface area contributed by atoms with Gasteiger partial charge in [-0.05, 0) is 66.6 Å². The standard InChI is InChI=1S/C25H37F2N4O2P.C5H12.C2H2/c1-5-21(31(34)29-18(2)3)16-28-19(4)17-30(22-9-7-6-8-10-22)24-15-23(33-25(26)27)12-11-20(24)13-14-32;1-4-5(2)3;1-2/h5,11-12,14-16,18,22,25,29H,1,6-10,13,17,34H2,2-4H3;5H,4H2,1-3H3;1-2H/b21-16+,28-19?;;. The van der Waals surface area contributed by atoms with Crippen LogP contribution in [0.1, 0.15) is 85.6 Å². The third kappa shape index (κ3) is 15.7. The number of carbonyl (C=O) groups is 1. The fourth-order valence-corrected chi connectivity index (χ4v) is 4.55. The lowest BCUT2D eigenvalue weighted by atomic mass is 9.92. The number of alkyl halides is 2. The van der Waals surface area contributed by atoms with E-state index in [0.29, 0.717) is 6.54 Å². The minimum absolute atomic E-state index is 0.0855. The van der Waals surface area contributed by atoms with E-state index in [2.05, 4.69) is 69.6 Å². The molecule has 0 heterocycles. The Morgan fingerprint density at radius 2 is 1.83 bits per heavy atom. The molecule has 0 saturated heterocycles. The molecule has 1 aromatic rings. The third-order valence-corrected chi connectivity index (χ3v) is 6.87. The highest BCUT2D eigenvalue weighted by Crippen LogP contribution is 2.33. The Kier molecular flexibility index (Phi) is 20.5. The number of terminal acetylenes is 1. The van der Waals surface area contributed by atoms with E-state index in [4.69, 9.17) is 0 Å². The van der Waals surface area contributed by atoms with Gasteiger partial charge >= 0.3 is 6.61 Å². The third-order valence-electron chi connectivity index (χ3n) is 6.43. The summed E-state index contributed by atoms with van der Waals surface area (Å²) in [5, 5.41) is 0. The quantitative estimate of drug-likeness (QED) is 0.0593. The van der Waals surface area contributed by atoms with Crippen LogP contribution in [0.5, 0.6) is 5.75 Å². The molecule has 1 fully saturated rings. The van der Waals surface area contributed by atoms with E-state index in [1.165, 1.54) is 18.9 Å². The van der Waals surface area contributed by atoms with Gasteiger partial charge in [0.05, 0.1) is 18.4 Å². The topological polar surface area (TPSA) is 57.2 Å². The van der Waals surface area contributed by atoms with Crippen molar-refractivity contribution >= 4 is 27.1 Å². The highest BCUT2D eigenvalue weighted by molar-refractivity contribution is 7.13. The van der Waals surface area contributed by atoms with Crippen LogP contribution in [-0.2, 0) is 11.2 Å². The van der Waals surface area contributed by atoms with E-state index < -0.39 is 6.61 Å². The number of aliphatic imine (C=N–C) groups is 1. The molecule has 1 aromatic carbocycles. The van der Waals surface area contributed by atoms with Crippen LogP contribution in [0, 0.1) is 18.8 Å². The number of benzene rings is 1. The molecule has 1 aliphatic rings. The number of nitrogens with one attached hydrogen (secondary N) is 1. The van der Waals surface area contributed by atoms with Gasteiger partial charge in [-0.3, -0.25) is 9.77 Å². The van der Waals surface area contributed by atoms with Crippen LogP contribution in [0.25, 0.3) is 0 Å². The Morgan fingerprint density at radius 3 is 2.32 bits per heavy atom. The number of allylic oxidation sites excluding steroid dienone is 1. The number of nitrogens with zero attached hydrogens (tertiary/aromatic N) is 3. The Morgan fingerprint density at radius 1 is 1.22 bits per heavy atom. The second kappa shape index (κ2) is 21.9. The minimum atomic E-state index is -2.91. The number of ether oxygens (including phenoxy) is 1. The first kappa shape index (κ1) is 38.2. The molecule has 1 atom stereocenters. The number of hydrogen-bond acceptors (Lipinski definition) is 6. The predicted molar refractivity (Wildman–Crippen MR) is 173 cm³/mol. The van der Waals surface area contributed by atoms with Crippen molar-refractivity contribution in [1.29, 1.82) is 0 Å². The normalized spacial score (nSPS) is 14.1. The van der Waals surface area contributed by atoms with Crippen molar-refractivity contribution in [3.63, 3.8) is 0 Å². The van der Waals surface area contributed by atoms with E-state index in [-0.39, 0.29) is 24.3 Å². The summed E-state index contributed by atoms with van der Waals surface area (Å²) in [4.78, 5) is 18.2. The number of carbonyl (C=O) groups excluding carboxylic acids is 1. The number of hydrazine groups is 1. The van der Waals surface area contributed by atoms with Gasteiger partial charge in [0, 0.05) is 36.0 Å². The zero-order valence-electron chi connectivity index (χ0n) is 25.8. The van der Waals surface area contributed by atoms with Crippen LogP contribution in [0.4, 0.5) is 14.5 Å². The maximum Gasteiger partial charge on any atom is 0.387 e. The molecule has 0 bridgehead atoms. The molecule has 230 valence electrons. The van der Waals surface area contributed by atoms with Crippen molar-refractivity contribution in [2.45, 2.75) is 105 Å². The first-order valence-electron chi connectivity index (χ1n) is 14.3. The van der Waals surface area contributed by atoms with Gasteiger partial charge in [-0.2, -0.15) is 8.78 Å². The first-order chi connectivity index (χ1) is 19.5. The molecule has 9 heteroatoms. The van der Waals surface area contributed by atoms with Gasteiger partial charge in [0.25, 0.3) is 0 Å². The summed E-state index contributed by atoms with van der Waals surface area (Å²) in [6, 6.07) is 5.28. The maximum absolute atomic E-state index is 12.9. The SMILES string of the molecule is C#C.C=C/C(=C\N=C(C)CN(c1cc(OC(F)F)ccc1CC=O)C1CCCCC1)N(P)NC(C)C.CCC(C)C. The molecule has 1 aliphatic carbocycles. The van der Waals surface area contributed by atoms with Crippen LogP contribution < -0.4 is 15.1 Å². The smallest absolute Gasteiger partial charge is 0.387 e. The molecule has 41 heavy (non-hydrogen) atoms. The van der Waals surface area contributed by atoms with E-state index in [0.717, 1.165) is 60.5 Å². The van der Waals surface area contributed by atoms with Crippen molar-refractivity contribution in [3.05, 3.63) is 48.3 Å². The van der Waals surface area contributed by atoms with Gasteiger partial charge in [0.15, 0.2) is 0 Å². The van der Waals surface area contributed by atoms with Crippen molar-refractivity contribution < 1.29 is 18.3 Å². The molecule has 0 radical (unpaired) electrons. The lowest BCUT2D eigenvalue weighted by molar-refractivity contribution is -0.107. The number of halogens is 2. The van der Waals surface area contributed by atoms with Crippen LogP contribution in [0.3, 0.4) is 0 Å². The Balaban J connectivity index is 0.00000205. The molecule has 0 aliphatic heterocycles. The van der Waals surface area contributed by atoms with Crippen molar-refractivity contribution in [2.75, 3.05) is 11.4 Å². The van der Waals surface area contributed by atoms with E-state index >= 15 is 0 Å². The fourth-order valence-electron chi connectivity index (χ4n) is 4.08. The van der Waals surface area contributed by atoms with Crippen molar-refractivity contribution in [1.82, 2.24) is 10.2 Å². The Hall–Kier alpha value is -2.75. The summed E-state index contributed by atoms with van der Waals surface area (Å²) >= 11 is 0.